The Bertz CT molecular complexity index is 74.1. The highest BCUT2D eigenvalue weighted by molar-refractivity contribution is 4.73. The molecule has 2 atom stereocenters. The third-order valence-electron chi connectivity index (χ3n) is 1.04. The molecule has 3 heteroatoms. The molecule has 0 aliphatic carbocycles. The van der Waals surface area contributed by atoms with Crippen LogP contribution in [0.15, 0.2) is 0 Å². The van der Waals surface area contributed by atoms with Crippen LogP contribution in [-0.4, -0.2) is 30.7 Å². The number of aliphatic hydroxyl groups is 1. The molecular weight excluding hydrogens is 108 g/mol. The Kier molecular flexibility index (Phi) is 1.83. The van der Waals surface area contributed by atoms with Gasteiger partial charge in [0.15, 0.2) is 6.29 Å². The first-order chi connectivity index (χ1) is 3.84. The molecule has 0 bridgehead atoms. The molecule has 1 aliphatic rings. The molecule has 0 spiro atoms. The molecule has 0 aromatic heterocycles. The van der Waals surface area contributed by atoms with Crippen LogP contribution in [0.5, 0.6) is 0 Å². The fraction of sp³-hybridized carbons (Fsp3) is 1.00. The number of ether oxygens (including phenoxy) is 2. The van der Waals surface area contributed by atoms with Crippen molar-refractivity contribution >= 4 is 0 Å². The molecule has 0 aromatic rings. The van der Waals surface area contributed by atoms with Crippen LogP contribution in [-0.2, 0) is 9.47 Å². The molecule has 1 saturated heterocycles. The maximum absolute atomic E-state index is 8.55. The predicted molar refractivity (Wildman–Crippen MR) is 27.4 cm³/mol. The van der Waals surface area contributed by atoms with Crippen molar-refractivity contribution in [3.63, 3.8) is 0 Å². The Balaban J connectivity index is 1.89. The van der Waals surface area contributed by atoms with E-state index in [1.165, 1.54) is 0 Å². The highest BCUT2D eigenvalue weighted by atomic mass is 16.7. The van der Waals surface area contributed by atoms with E-state index in [4.69, 9.17) is 9.84 Å². The van der Waals surface area contributed by atoms with Gasteiger partial charge < -0.3 is 14.6 Å². The van der Waals surface area contributed by atoms with Crippen molar-refractivity contribution in [3.05, 3.63) is 0 Å². The number of rotatable bonds is 3. The Morgan fingerprint density at radius 3 is 2.75 bits per heavy atom. The van der Waals surface area contributed by atoms with Gasteiger partial charge in [0, 0.05) is 6.61 Å². The van der Waals surface area contributed by atoms with E-state index >= 15 is 0 Å². The van der Waals surface area contributed by atoms with Crippen molar-refractivity contribution in [3.8, 4) is 0 Å². The van der Waals surface area contributed by atoms with Crippen LogP contribution in [0.25, 0.3) is 0 Å². The number of hydrogen-bond acceptors (Lipinski definition) is 3. The quantitative estimate of drug-likeness (QED) is 0.519. The molecule has 0 saturated carbocycles. The monoisotopic (exact) mass is 118 g/mol. The van der Waals surface area contributed by atoms with Crippen LogP contribution in [0.2, 0.25) is 0 Å². The van der Waals surface area contributed by atoms with Gasteiger partial charge in [0.25, 0.3) is 0 Å². The Labute approximate surface area is 48.2 Å². The molecular formula is C5H10O3. The summed E-state index contributed by atoms with van der Waals surface area (Å²) < 4.78 is 9.59. The third-order valence-corrected chi connectivity index (χ3v) is 1.04. The Morgan fingerprint density at radius 1 is 1.75 bits per heavy atom. The molecule has 8 heavy (non-hydrogen) atoms. The summed E-state index contributed by atoms with van der Waals surface area (Å²) in [7, 11) is 0. The van der Waals surface area contributed by atoms with Crippen molar-refractivity contribution in [2.45, 2.75) is 19.3 Å². The SMILES string of the molecule is CCOCC1OC1O. The van der Waals surface area contributed by atoms with E-state index in [9.17, 15) is 0 Å². The summed E-state index contributed by atoms with van der Waals surface area (Å²) in [5, 5.41) is 8.55. The van der Waals surface area contributed by atoms with Crippen molar-refractivity contribution in [2.75, 3.05) is 13.2 Å². The average molecular weight is 118 g/mol. The molecule has 0 amide bonds. The van der Waals surface area contributed by atoms with Crippen molar-refractivity contribution in [2.24, 2.45) is 0 Å². The highest BCUT2D eigenvalue weighted by Gasteiger charge is 2.36. The molecule has 0 aromatic carbocycles. The van der Waals surface area contributed by atoms with E-state index in [2.05, 4.69) is 4.74 Å². The summed E-state index contributed by atoms with van der Waals surface area (Å²) in [6, 6.07) is 0. The van der Waals surface area contributed by atoms with Gasteiger partial charge in [-0.1, -0.05) is 0 Å². The zero-order chi connectivity index (χ0) is 5.98. The topological polar surface area (TPSA) is 42.0 Å². The van der Waals surface area contributed by atoms with Crippen molar-refractivity contribution in [1.29, 1.82) is 0 Å². The van der Waals surface area contributed by atoms with Crippen molar-refractivity contribution in [1.82, 2.24) is 0 Å². The Hall–Kier alpha value is -0.120. The predicted octanol–water partition coefficient (Wildman–Crippen LogP) is -0.260. The first-order valence-corrected chi connectivity index (χ1v) is 2.76. The maximum Gasteiger partial charge on any atom is 0.184 e. The number of hydrogen-bond donors (Lipinski definition) is 1. The van der Waals surface area contributed by atoms with Crippen LogP contribution in [0, 0.1) is 0 Å². The van der Waals surface area contributed by atoms with Gasteiger partial charge in [-0.25, -0.2) is 0 Å². The lowest BCUT2D eigenvalue weighted by Gasteiger charge is -1.92. The average Bonchev–Trinajstić information content (AvgIpc) is 2.42. The highest BCUT2D eigenvalue weighted by Crippen LogP contribution is 2.17. The summed E-state index contributed by atoms with van der Waals surface area (Å²) in [4.78, 5) is 0. The van der Waals surface area contributed by atoms with Crippen LogP contribution >= 0.6 is 0 Å². The van der Waals surface area contributed by atoms with Crippen LogP contribution in [0.4, 0.5) is 0 Å². The van der Waals surface area contributed by atoms with Gasteiger partial charge in [0.1, 0.15) is 6.10 Å². The minimum atomic E-state index is -0.554. The summed E-state index contributed by atoms with van der Waals surface area (Å²) in [5.41, 5.74) is 0. The molecule has 48 valence electrons. The molecule has 1 N–H and O–H groups in total. The first kappa shape index (κ1) is 6.01. The molecule has 1 rings (SSSR count). The second kappa shape index (κ2) is 2.44. The largest absolute Gasteiger partial charge is 0.379 e. The fourth-order valence-corrected chi connectivity index (χ4v) is 0.489. The lowest BCUT2D eigenvalue weighted by Crippen LogP contribution is -2.03. The van der Waals surface area contributed by atoms with Crippen LogP contribution < -0.4 is 0 Å². The molecule has 1 heterocycles. The Morgan fingerprint density at radius 2 is 2.38 bits per heavy atom. The van der Waals surface area contributed by atoms with Crippen molar-refractivity contribution < 1.29 is 14.6 Å². The normalized spacial score (nSPS) is 35.2. The van der Waals surface area contributed by atoms with Gasteiger partial charge >= 0.3 is 0 Å². The van der Waals surface area contributed by atoms with Gasteiger partial charge in [0.2, 0.25) is 0 Å². The van der Waals surface area contributed by atoms with Gasteiger partial charge in [-0.05, 0) is 6.92 Å². The van der Waals surface area contributed by atoms with E-state index in [-0.39, 0.29) is 6.10 Å². The summed E-state index contributed by atoms with van der Waals surface area (Å²) in [6.07, 6.45) is -0.600. The minimum Gasteiger partial charge on any atom is -0.379 e. The van der Waals surface area contributed by atoms with E-state index in [0.29, 0.717) is 13.2 Å². The van der Waals surface area contributed by atoms with Gasteiger partial charge in [-0.2, -0.15) is 0 Å². The second-order valence-corrected chi connectivity index (χ2v) is 1.72. The lowest BCUT2D eigenvalue weighted by atomic mass is 10.5. The number of epoxide rings is 1. The van der Waals surface area contributed by atoms with E-state index in [0.717, 1.165) is 0 Å². The second-order valence-electron chi connectivity index (χ2n) is 1.72. The maximum atomic E-state index is 8.55. The van der Waals surface area contributed by atoms with Crippen LogP contribution in [0.1, 0.15) is 6.92 Å². The molecule has 2 unspecified atom stereocenters. The summed E-state index contributed by atoms with van der Waals surface area (Å²) in [5.74, 6) is 0. The van der Waals surface area contributed by atoms with E-state index in [1.807, 2.05) is 6.92 Å². The molecule has 1 fully saturated rings. The van der Waals surface area contributed by atoms with Gasteiger partial charge in [0.05, 0.1) is 6.61 Å². The third kappa shape index (κ3) is 1.43. The zero-order valence-corrected chi connectivity index (χ0v) is 4.83. The molecule has 3 nitrogen and oxygen atoms in total. The first-order valence-electron chi connectivity index (χ1n) is 2.76. The zero-order valence-electron chi connectivity index (χ0n) is 4.83. The summed E-state index contributed by atoms with van der Waals surface area (Å²) >= 11 is 0. The molecule has 1 aliphatic heterocycles. The molecule has 0 radical (unpaired) electrons. The number of aliphatic hydroxyl groups excluding tert-OH is 1. The van der Waals surface area contributed by atoms with Gasteiger partial charge in [-0.3, -0.25) is 0 Å². The minimum absolute atomic E-state index is 0.0463. The standard InChI is InChI=1S/C5H10O3/c1-2-7-3-4-5(6)8-4/h4-6H,2-3H2,1H3. The van der Waals surface area contributed by atoms with E-state index < -0.39 is 6.29 Å². The summed E-state index contributed by atoms with van der Waals surface area (Å²) in [6.45, 7) is 3.12. The van der Waals surface area contributed by atoms with E-state index in [1.54, 1.807) is 0 Å². The fourth-order valence-electron chi connectivity index (χ4n) is 0.489. The lowest BCUT2D eigenvalue weighted by molar-refractivity contribution is 0.127. The van der Waals surface area contributed by atoms with Crippen LogP contribution in [0.3, 0.4) is 0 Å². The van der Waals surface area contributed by atoms with Gasteiger partial charge in [-0.15, -0.1) is 0 Å². The smallest absolute Gasteiger partial charge is 0.184 e.